The van der Waals surface area contributed by atoms with Crippen LogP contribution in [-0.2, 0) is 24.4 Å². The van der Waals surface area contributed by atoms with Crippen LogP contribution in [0, 0.1) is 0 Å². The summed E-state index contributed by atoms with van der Waals surface area (Å²) in [6, 6.07) is 20.5. The Morgan fingerprint density at radius 1 is 0.968 bits per heavy atom. The van der Waals surface area contributed by atoms with Gasteiger partial charge in [-0.3, -0.25) is 9.59 Å². The SMILES string of the molecule is COc1cc2c(cc1OCc1ccccc1)NC(=O)[C@@H]1Cc3ccccc3CN1C2=O. The van der Waals surface area contributed by atoms with Crippen LogP contribution in [0.1, 0.15) is 27.0 Å². The first-order chi connectivity index (χ1) is 15.1. The second-order valence-corrected chi connectivity index (χ2v) is 7.73. The van der Waals surface area contributed by atoms with Crippen LogP contribution < -0.4 is 14.8 Å². The van der Waals surface area contributed by atoms with E-state index in [9.17, 15) is 9.59 Å². The van der Waals surface area contributed by atoms with Crippen LogP contribution in [0.2, 0.25) is 0 Å². The largest absolute Gasteiger partial charge is 0.493 e. The van der Waals surface area contributed by atoms with E-state index in [1.54, 1.807) is 17.0 Å². The molecule has 1 atom stereocenters. The molecule has 2 amide bonds. The van der Waals surface area contributed by atoms with Crippen molar-refractivity contribution in [1.82, 2.24) is 4.90 Å². The number of hydrogen-bond donors (Lipinski definition) is 1. The second-order valence-electron chi connectivity index (χ2n) is 7.73. The van der Waals surface area contributed by atoms with E-state index in [-0.39, 0.29) is 11.8 Å². The van der Waals surface area contributed by atoms with Crippen molar-refractivity contribution in [3.05, 3.63) is 89.0 Å². The maximum Gasteiger partial charge on any atom is 0.257 e. The van der Waals surface area contributed by atoms with E-state index >= 15 is 0 Å². The van der Waals surface area contributed by atoms with Crippen LogP contribution in [0.3, 0.4) is 0 Å². The Balaban J connectivity index is 1.49. The van der Waals surface area contributed by atoms with Crippen LogP contribution in [-0.4, -0.2) is 29.9 Å². The first-order valence-electron chi connectivity index (χ1n) is 10.2. The lowest BCUT2D eigenvalue weighted by Crippen LogP contribution is -2.48. The Morgan fingerprint density at radius 2 is 1.71 bits per heavy atom. The number of amides is 2. The molecule has 3 aromatic carbocycles. The number of hydrogen-bond acceptors (Lipinski definition) is 4. The Labute approximate surface area is 180 Å². The minimum Gasteiger partial charge on any atom is -0.493 e. The zero-order valence-corrected chi connectivity index (χ0v) is 17.1. The van der Waals surface area contributed by atoms with Crippen LogP contribution in [0.4, 0.5) is 5.69 Å². The quantitative estimate of drug-likeness (QED) is 0.705. The number of benzene rings is 3. The maximum atomic E-state index is 13.4. The molecule has 2 aliphatic heterocycles. The average Bonchev–Trinajstić information content (AvgIpc) is 2.90. The monoisotopic (exact) mass is 414 g/mol. The van der Waals surface area contributed by atoms with Crippen LogP contribution in [0.5, 0.6) is 11.5 Å². The normalized spacial score (nSPS) is 17.1. The highest BCUT2D eigenvalue weighted by Gasteiger charge is 2.39. The van der Waals surface area contributed by atoms with Crippen molar-refractivity contribution in [2.75, 3.05) is 12.4 Å². The summed E-state index contributed by atoms with van der Waals surface area (Å²) in [4.78, 5) is 28.1. The van der Waals surface area contributed by atoms with Gasteiger partial charge in [0.15, 0.2) is 11.5 Å². The molecule has 0 bridgehead atoms. The molecule has 0 radical (unpaired) electrons. The van der Waals surface area contributed by atoms with Gasteiger partial charge in [-0.1, -0.05) is 54.6 Å². The molecule has 0 aromatic heterocycles. The lowest BCUT2D eigenvalue weighted by Gasteiger charge is -2.34. The van der Waals surface area contributed by atoms with Crippen molar-refractivity contribution < 1.29 is 19.1 Å². The van der Waals surface area contributed by atoms with Gasteiger partial charge in [0.25, 0.3) is 5.91 Å². The summed E-state index contributed by atoms with van der Waals surface area (Å²) in [7, 11) is 1.54. The van der Waals surface area contributed by atoms with Crippen molar-refractivity contribution in [2.45, 2.75) is 25.6 Å². The molecule has 3 aromatic rings. The van der Waals surface area contributed by atoms with E-state index in [1.165, 1.54) is 7.11 Å². The molecule has 156 valence electrons. The van der Waals surface area contributed by atoms with Gasteiger partial charge in [-0.2, -0.15) is 0 Å². The van der Waals surface area contributed by atoms with Gasteiger partial charge in [-0.15, -0.1) is 0 Å². The molecule has 31 heavy (non-hydrogen) atoms. The number of carbonyl (C=O) groups is 2. The third-order valence-corrected chi connectivity index (χ3v) is 5.84. The average molecular weight is 414 g/mol. The first-order valence-corrected chi connectivity index (χ1v) is 10.2. The van der Waals surface area contributed by atoms with Gasteiger partial charge < -0.3 is 19.7 Å². The Kier molecular flexibility index (Phi) is 4.82. The third-order valence-electron chi connectivity index (χ3n) is 5.84. The van der Waals surface area contributed by atoms with Gasteiger partial charge in [0.2, 0.25) is 5.91 Å². The Bertz CT molecular complexity index is 1160. The minimum absolute atomic E-state index is 0.194. The van der Waals surface area contributed by atoms with E-state index in [2.05, 4.69) is 5.32 Å². The smallest absolute Gasteiger partial charge is 0.257 e. The van der Waals surface area contributed by atoms with Crippen molar-refractivity contribution in [2.24, 2.45) is 0 Å². The van der Waals surface area contributed by atoms with Crippen molar-refractivity contribution in [3.8, 4) is 11.5 Å². The number of fused-ring (bicyclic) bond motifs is 3. The molecule has 2 aliphatic rings. The predicted molar refractivity (Wildman–Crippen MR) is 116 cm³/mol. The Morgan fingerprint density at radius 3 is 2.48 bits per heavy atom. The molecule has 6 nitrogen and oxygen atoms in total. The van der Waals surface area contributed by atoms with Crippen molar-refractivity contribution in [1.29, 1.82) is 0 Å². The van der Waals surface area contributed by atoms with Crippen LogP contribution in [0.25, 0.3) is 0 Å². The molecule has 0 fully saturated rings. The fourth-order valence-corrected chi connectivity index (χ4v) is 4.19. The summed E-state index contributed by atoms with van der Waals surface area (Å²) in [5, 5.41) is 2.94. The van der Waals surface area contributed by atoms with E-state index in [1.807, 2.05) is 54.6 Å². The summed E-state index contributed by atoms with van der Waals surface area (Å²) < 4.78 is 11.5. The predicted octanol–water partition coefficient (Wildman–Crippen LogP) is 3.79. The van der Waals surface area contributed by atoms with Crippen molar-refractivity contribution >= 4 is 17.5 Å². The summed E-state index contributed by atoms with van der Waals surface area (Å²) in [6.45, 7) is 0.753. The molecule has 1 N–H and O–H groups in total. The highest BCUT2D eigenvalue weighted by atomic mass is 16.5. The molecule has 0 aliphatic carbocycles. The highest BCUT2D eigenvalue weighted by molar-refractivity contribution is 6.10. The van der Waals surface area contributed by atoms with Gasteiger partial charge in [0.05, 0.1) is 18.4 Å². The summed E-state index contributed by atoms with van der Waals surface area (Å²) in [5.41, 5.74) is 4.02. The lowest BCUT2D eigenvalue weighted by molar-refractivity contribution is -0.120. The number of nitrogens with zero attached hydrogens (tertiary/aromatic N) is 1. The number of anilines is 1. The highest BCUT2D eigenvalue weighted by Crippen LogP contribution is 2.38. The lowest BCUT2D eigenvalue weighted by atomic mass is 9.93. The molecular weight excluding hydrogens is 392 g/mol. The molecule has 5 rings (SSSR count). The molecule has 0 saturated heterocycles. The van der Waals surface area contributed by atoms with Gasteiger partial charge in [-0.05, 0) is 22.8 Å². The topological polar surface area (TPSA) is 67.9 Å². The molecule has 0 saturated carbocycles. The fourth-order valence-electron chi connectivity index (χ4n) is 4.19. The molecule has 0 spiro atoms. The number of ether oxygens (including phenoxy) is 2. The van der Waals surface area contributed by atoms with Gasteiger partial charge >= 0.3 is 0 Å². The second kappa shape index (κ2) is 7.80. The third kappa shape index (κ3) is 3.50. The van der Waals surface area contributed by atoms with Gasteiger partial charge in [0.1, 0.15) is 12.6 Å². The molecule has 2 heterocycles. The summed E-state index contributed by atoms with van der Waals surface area (Å²) in [6.07, 6.45) is 0.496. The van der Waals surface area contributed by atoms with Gasteiger partial charge in [0, 0.05) is 19.0 Å². The zero-order valence-electron chi connectivity index (χ0n) is 17.1. The standard InChI is InChI=1S/C25H22N2O4/c1-30-22-12-19-20(13-23(22)31-15-16-7-3-2-4-8-16)26-24(28)21-11-17-9-5-6-10-18(17)14-27(21)25(19)29/h2-10,12-13,21H,11,14-15H2,1H3,(H,26,28)/t21-/m0/s1. The molecular formula is C25H22N2O4. The van der Waals surface area contributed by atoms with Gasteiger partial charge in [-0.25, -0.2) is 0 Å². The maximum absolute atomic E-state index is 13.4. The van der Waals surface area contributed by atoms with Crippen LogP contribution in [0.15, 0.2) is 66.7 Å². The molecule has 6 heteroatoms. The van der Waals surface area contributed by atoms with Crippen LogP contribution >= 0.6 is 0 Å². The Hall–Kier alpha value is -3.80. The van der Waals surface area contributed by atoms with E-state index in [0.29, 0.717) is 42.3 Å². The van der Waals surface area contributed by atoms with Crippen molar-refractivity contribution in [3.63, 3.8) is 0 Å². The zero-order chi connectivity index (χ0) is 21.4. The fraction of sp³-hybridized carbons (Fsp3) is 0.200. The summed E-state index contributed by atoms with van der Waals surface area (Å²) >= 11 is 0. The number of rotatable bonds is 4. The van der Waals surface area contributed by atoms with E-state index in [4.69, 9.17) is 9.47 Å². The summed E-state index contributed by atoms with van der Waals surface area (Å²) in [5.74, 6) is 0.538. The first kappa shape index (κ1) is 19.2. The number of carbonyl (C=O) groups excluding carboxylic acids is 2. The van der Waals surface area contributed by atoms with E-state index in [0.717, 1.165) is 16.7 Å². The molecule has 0 unspecified atom stereocenters. The number of methoxy groups -OCH3 is 1. The van der Waals surface area contributed by atoms with E-state index < -0.39 is 6.04 Å². The minimum atomic E-state index is -0.547. The number of nitrogens with one attached hydrogen (secondary N) is 1.